The van der Waals surface area contributed by atoms with Crippen LogP contribution in [0.3, 0.4) is 0 Å². The predicted octanol–water partition coefficient (Wildman–Crippen LogP) is -2.93. The Bertz CT molecular complexity index is 113. The van der Waals surface area contributed by atoms with Gasteiger partial charge in [-0.15, -0.1) is 4.83 Å². The quantitative estimate of drug-likeness (QED) is 0.151. The molecule has 0 aliphatic carbocycles. The third-order valence-corrected chi connectivity index (χ3v) is 0.447. The minimum atomic E-state index is -4.13. The van der Waals surface area contributed by atoms with Crippen LogP contribution in [0.2, 0.25) is 0 Å². The van der Waals surface area contributed by atoms with E-state index in [0.29, 0.717) is 0 Å². The lowest BCUT2D eigenvalue weighted by atomic mass is 13.0. The minimum Gasteiger partial charge on any atom is -0.274 e. The van der Waals surface area contributed by atoms with Gasteiger partial charge in [0.2, 0.25) is 0 Å². The summed E-state index contributed by atoms with van der Waals surface area (Å²) in [5.41, 5.74) is 0. The maximum Gasteiger partial charge on any atom is 0.346 e. The zero-order chi connectivity index (χ0) is 7.21. The topological polar surface area (TPSA) is 144 Å². The fourth-order valence-electron chi connectivity index (χ4n) is 0. The summed E-state index contributed by atoms with van der Waals surface area (Å²) in [5.74, 6) is 12.2. The molecule has 0 aliphatic rings. The van der Waals surface area contributed by atoms with E-state index < -0.39 is 10.3 Å². The van der Waals surface area contributed by atoms with E-state index in [1.54, 1.807) is 0 Å². The van der Waals surface area contributed by atoms with Crippen LogP contribution >= 0.6 is 0 Å². The third-order valence-electron chi connectivity index (χ3n) is 0.149. The Kier molecular flexibility index (Phi) is 6.54. The Labute approximate surface area is 46.7 Å². The van der Waals surface area contributed by atoms with Crippen molar-refractivity contribution in [1.82, 2.24) is 4.83 Å². The van der Waals surface area contributed by atoms with Crippen molar-refractivity contribution < 1.29 is 13.0 Å². The van der Waals surface area contributed by atoms with Crippen molar-refractivity contribution >= 4 is 10.3 Å². The van der Waals surface area contributed by atoms with Gasteiger partial charge in [0.15, 0.2) is 0 Å². The van der Waals surface area contributed by atoms with Crippen molar-refractivity contribution in [3.63, 3.8) is 0 Å². The SMILES string of the molecule is NN.NNS(=O)(=O)O. The summed E-state index contributed by atoms with van der Waals surface area (Å²) < 4.78 is 26.2. The maximum atomic E-state index is 9.32. The highest BCUT2D eigenvalue weighted by Crippen LogP contribution is 1.58. The van der Waals surface area contributed by atoms with Gasteiger partial charge in [0.25, 0.3) is 0 Å². The average Bonchev–Trinajstić information content (AvgIpc) is 1.71. The number of rotatable bonds is 1. The van der Waals surface area contributed by atoms with Gasteiger partial charge in [0.1, 0.15) is 0 Å². The highest BCUT2D eigenvalue weighted by molar-refractivity contribution is 7.83. The first-order valence-corrected chi connectivity index (χ1v) is 2.78. The van der Waals surface area contributed by atoms with Crippen molar-refractivity contribution in [2.45, 2.75) is 0 Å². The number of nitrogens with two attached hydrogens (primary N) is 3. The fraction of sp³-hybridized carbons (Fsp3) is 0. The van der Waals surface area contributed by atoms with Gasteiger partial charge in [0.05, 0.1) is 0 Å². The molecule has 0 aromatic rings. The highest BCUT2D eigenvalue weighted by atomic mass is 32.2. The average molecular weight is 144 g/mol. The summed E-state index contributed by atoms with van der Waals surface area (Å²) >= 11 is 0. The molecule has 0 atom stereocenters. The molecule has 0 aliphatic heterocycles. The first kappa shape index (κ1) is 10.7. The molecule has 0 bridgehead atoms. The van der Waals surface area contributed by atoms with Crippen molar-refractivity contribution in [2.24, 2.45) is 17.5 Å². The zero-order valence-electron chi connectivity index (χ0n) is 3.90. The standard InChI is InChI=1S/H4N2O3S.H4N2/c1-2-6(3,4)5;1-2/h2H,1H2,(H,3,4,5);1-2H2. The van der Waals surface area contributed by atoms with Crippen LogP contribution in [0.5, 0.6) is 0 Å². The van der Waals surface area contributed by atoms with Gasteiger partial charge in [-0.05, 0) is 0 Å². The molecular formula is H8N4O3S. The van der Waals surface area contributed by atoms with Crippen LogP contribution in [-0.4, -0.2) is 13.0 Å². The lowest BCUT2D eigenvalue weighted by Gasteiger charge is -1.83. The van der Waals surface area contributed by atoms with Crippen LogP contribution in [0.15, 0.2) is 0 Å². The first-order chi connectivity index (χ1) is 3.56. The second-order valence-electron chi connectivity index (χ2n) is 0.593. The van der Waals surface area contributed by atoms with E-state index in [0.717, 1.165) is 4.83 Å². The van der Waals surface area contributed by atoms with Crippen molar-refractivity contribution in [2.75, 3.05) is 0 Å². The molecule has 8 heavy (non-hydrogen) atoms. The van der Waals surface area contributed by atoms with Gasteiger partial charge >= 0.3 is 10.3 Å². The molecule has 0 fully saturated rings. The zero-order valence-corrected chi connectivity index (χ0v) is 4.72. The summed E-state index contributed by atoms with van der Waals surface area (Å²) in [6, 6.07) is 0. The Morgan fingerprint density at radius 2 is 1.50 bits per heavy atom. The molecule has 0 aromatic heterocycles. The number of nitrogens with one attached hydrogen (secondary N) is 1. The van der Waals surface area contributed by atoms with Crippen molar-refractivity contribution in [1.29, 1.82) is 0 Å². The van der Waals surface area contributed by atoms with Gasteiger partial charge in [-0.3, -0.25) is 22.1 Å². The van der Waals surface area contributed by atoms with Crippen molar-refractivity contribution in [3.8, 4) is 0 Å². The summed E-state index contributed by atoms with van der Waals surface area (Å²) in [7, 11) is -4.13. The van der Waals surface area contributed by atoms with E-state index in [4.69, 9.17) is 4.55 Å². The van der Waals surface area contributed by atoms with Gasteiger partial charge in [0, 0.05) is 0 Å². The number of hydrazine groups is 2. The molecule has 0 heterocycles. The van der Waals surface area contributed by atoms with Crippen LogP contribution in [0, 0.1) is 0 Å². The fourth-order valence-corrected chi connectivity index (χ4v) is 0. The molecule has 7 nitrogen and oxygen atoms in total. The molecule has 8 heteroatoms. The Morgan fingerprint density at radius 1 is 1.38 bits per heavy atom. The van der Waals surface area contributed by atoms with Crippen LogP contribution in [-0.2, 0) is 10.3 Å². The molecule has 8 N–H and O–H groups in total. The van der Waals surface area contributed by atoms with E-state index >= 15 is 0 Å². The molecule has 0 aromatic carbocycles. The monoisotopic (exact) mass is 144 g/mol. The summed E-state index contributed by atoms with van der Waals surface area (Å²) in [4.78, 5) is 1.13. The van der Waals surface area contributed by atoms with E-state index in [9.17, 15) is 8.42 Å². The second-order valence-corrected chi connectivity index (χ2v) is 1.78. The molecule has 0 spiro atoms. The van der Waals surface area contributed by atoms with E-state index in [1.165, 1.54) is 0 Å². The van der Waals surface area contributed by atoms with Crippen LogP contribution in [0.1, 0.15) is 0 Å². The first-order valence-electron chi connectivity index (χ1n) is 1.34. The van der Waals surface area contributed by atoms with Gasteiger partial charge in [-0.1, -0.05) is 0 Å². The molecular weight excluding hydrogens is 136 g/mol. The molecule has 0 saturated carbocycles. The summed E-state index contributed by atoms with van der Waals surface area (Å²) in [5, 5.41) is 0. The van der Waals surface area contributed by atoms with Gasteiger partial charge in [-0.2, -0.15) is 8.42 Å². The van der Waals surface area contributed by atoms with Crippen LogP contribution < -0.4 is 22.4 Å². The molecule has 0 saturated heterocycles. The van der Waals surface area contributed by atoms with Crippen molar-refractivity contribution in [3.05, 3.63) is 0 Å². The van der Waals surface area contributed by atoms with Crippen LogP contribution in [0.25, 0.3) is 0 Å². The molecule has 0 amide bonds. The minimum absolute atomic E-state index is 1.13. The highest BCUT2D eigenvalue weighted by Gasteiger charge is 1.91. The summed E-state index contributed by atoms with van der Waals surface area (Å²) in [6.45, 7) is 0. The second kappa shape index (κ2) is 4.90. The molecule has 0 radical (unpaired) electrons. The molecule has 0 rings (SSSR count). The number of hydrogen-bond donors (Lipinski definition) is 5. The smallest absolute Gasteiger partial charge is 0.274 e. The lowest BCUT2D eigenvalue weighted by Crippen LogP contribution is -2.29. The van der Waals surface area contributed by atoms with E-state index in [-0.39, 0.29) is 0 Å². The molecule has 52 valence electrons. The third kappa shape index (κ3) is 17.2. The van der Waals surface area contributed by atoms with Crippen LogP contribution in [0.4, 0.5) is 0 Å². The Hall–Kier alpha value is -0.250. The number of hydrogen-bond acceptors (Lipinski definition) is 5. The van der Waals surface area contributed by atoms with E-state index in [2.05, 4.69) is 17.5 Å². The summed E-state index contributed by atoms with van der Waals surface area (Å²) in [6.07, 6.45) is 0. The predicted molar refractivity (Wildman–Crippen MR) is 27.2 cm³/mol. The lowest BCUT2D eigenvalue weighted by molar-refractivity contribution is 0.469. The van der Waals surface area contributed by atoms with E-state index in [1.807, 2.05) is 0 Å². The normalized spacial score (nSPS) is 9.50. The Balaban J connectivity index is 0. The Morgan fingerprint density at radius 3 is 1.50 bits per heavy atom. The molecule has 0 unspecified atom stereocenters. The largest absolute Gasteiger partial charge is 0.346 e. The maximum absolute atomic E-state index is 9.32. The van der Waals surface area contributed by atoms with Gasteiger partial charge in [-0.25, -0.2) is 0 Å². The van der Waals surface area contributed by atoms with Gasteiger partial charge < -0.3 is 0 Å².